The number of carbonyl (C=O) groups excluding carboxylic acids is 1. The van der Waals surface area contributed by atoms with Gasteiger partial charge in [-0.2, -0.15) is 5.10 Å². The van der Waals surface area contributed by atoms with Crippen molar-refractivity contribution in [3.8, 4) is 5.75 Å². The number of benzene rings is 1. The zero-order valence-electron chi connectivity index (χ0n) is 17.4. The van der Waals surface area contributed by atoms with E-state index < -0.39 is 0 Å². The van der Waals surface area contributed by atoms with Gasteiger partial charge in [0.2, 0.25) is 0 Å². The molecule has 0 N–H and O–H groups in total. The Bertz CT molecular complexity index is 803. The number of hydrogen-bond acceptors (Lipinski definition) is 3. The summed E-state index contributed by atoms with van der Waals surface area (Å²) in [5, 5.41) is 4.45. The van der Waals surface area contributed by atoms with Crippen LogP contribution in [-0.4, -0.2) is 22.3 Å². The highest BCUT2D eigenvalue weighted by molar-refractivity contribution is 9.10. The van der Waals surface area contributed by atoms with Gasteiger partial charge >= 0.3 is 0 Å². The highest BCUT2D eigenvalue weighted by Crippen LogP contribution is 2.31. The number of aromatic nitrogens is 2. The highest BCUT2D eigenvalue weighted by Gasteiger charge is 2.18. The van der Waals surface area contributed by atoms with Crippen LogP contribution in [-0.2, 0) is 11.8 Å². The van der Waals surface area contributed by atoms with Gasteiger partial charge in [-0.05, 0) is 71.3 Å². The number of carbonyl (C=O) groups is 1. The minimum atomic E-state index is -0.149. The first-order valence-electron chi connectivity index (χ1n) is 9.66. The van der Waals surface area contributed by atoms with E-state index in [1.54, 1.807) is 0 Å². The van der Waals surface area contributed by atoms with Crippen LogP contribution in [0, 0.1) is 13.8 Å². The van der Waals surface area contributed by atoms with Gasteiger partial charge < -0.3 is 4.74 Å². The van der Waals surface area contributed by atoms with Crippen molar-refractivity contribution in [2.24, 2.45) is 0 Å². The topological polar surface area (TPSA) is 44.1 Å². The summed E-state index contributed by atoms with van der Waals surface area (Å²) in [5.41, 5.74) is 4.33. The van der Waals surface area contributed by atoms with Crippen LogP contribution in [0.4, 0.5) is 0 Å². The second kappa shape index (κ2) is 9.05. The van der Waals surface area contributed by atoms with Crippen molar-refractivity contribution < 1.29 is 9.53 Å². The lowest BCUT2D eigenvalue weighted by Crippen LogP contribution is -2.22. The van der Waals surface area contributed by atoms with Crippen LogP contribution in [0.25, 0.3) is 0 Å². The monoisotopic (exact) mass is 434 g/mol. The van der Waals surface area contributed by atoms with E-state index >= 15 is 0 Å². The van der Waals surface area contributed by atoms with E-state index in [2.05, 4.69) is 54.8 Å². The van der Waals surface area contributed by atoms with E-state index in [-0.39, 0.29) is 17.9 Å². The molecular weight excluding hydrogens is 404 g/mol. The molecule has 148 valence electrons. The number of halogens is 1. The van der Waals surface area contributed by atoms with Gasteiger partial charge in [0.05, 0.1) is 10.2 Å². The molecule has 0 amide bonds. The van der Waals surface area contributed by atoms with E-state index in [1.807, 2.05) is 26.0 Å². The fourth-order valence-electron chi connectivity index (χ4n) is 3.12. The molecule has 0 fully saturated rings. The third kappa shape index (κ3) is 5.44. The summed E-state index contributed by atoms with van der Waals surface area (Å²) in [6.45, 7) is 12.6. The van der Waals surface area contributed by atoms with Crippen LogP contribution in [0.3, 0.4) is 0 Å². The average molecular weight is 435 g/mol. The first-order valence-corrected chi connectivity index (χ1v) is 10.5. The maximum atomic E-state index is 12.6. The molecule has 0 atom stereocenters. The van der Waals surface area contributed by atoms with E-state index in [1.165, 1.54) is 28.7 Å². The van der Waals surface area contributed by atoms with Crippen LogP contribution >= 0.6 is 15.9 Å². The van der Waals surface area contributed by atoms with Gasteiger partial charge in [-0.15, -0.1) is 0 Å². The van der Waals surface area contributed by atoms with Crippen molar-refractivity contribution in [1.82, 2.24) is 9.78 Å². The molecule has 2 aromatic rings. The molecule has 1 aromatic heterocycles. The predicted octanol–water partition coefficient (Wildman–Crippen LogP) is 6.01. The van der Waals surface area contributed by atoms with Crippen molar-refractivity contribution in [1.29, 1.82) is 0 Å². The fraction of sp³-hybridized carbons (Fsp3) is 0.545. The van der Waals surface area contributed by atoms with Crippen LogP contribution < -0.4 is 4.74 Å². The van der Waals surface area contributed by atoms with Crippen LogP contribution in [0.5, 0.6) is 5.75 Å². The number of unbranched alkanes of at least 4 members (excludes halogenated alkanes) is 2. The summed E-state index contributed by atoms with van der Waals surface area (Å²) < 4.78 is 8.12. The van der Waals surface area contributed by atoms with Crippen LogP contribution in [0.15, 0.2) is 22.7 Å². The summed E-state index contributed by atoms with van der Waals surface area (Å²) in [5.74, 6) is 0.519. The Hall–Kier alpha value is -1.62. The molecule has 0 aliphatic carbocycles. The third-order valence-corrected chi connectivity index (χ3v) is 5.48. The molecule has 5 heteroatoms. The molecule has 2 rings (SSSR count). The molecule has 27 heavy (non-hydrogen) atoms. The molecule has 0 spiro atoms. The van der Waals surface area contributed by atoms with E-state index in [0.717, 1.165) is 28.7 Å². The Balaban J connectivity index is 2.07. The molecule has 0 bridgehead atoms. The Morgan fingerprint density at radius 2 is 1.93 bits per heavy atom. The number of rotatable bonds is 7. The summed E-state index contributed by atoms with van der Waals surface area (Å²) in [6.07, 6.45) is 4.47. The standard InChI is InChI=1S/C22H31BrN2O2/c1-7-8-9-10-18-15(2)24-25(16(18)3)21(26)14-27-20-12-11-17(13-19(20)23)22(4,5)6/h11-13H,7-10,14H2,1-6H3. The molecule has 0 saturated carbocycles. The van der Waals surface area contributed by atoms with Crippen LogP contribution in [0.2, 0.25) is 0 Å². The highest BCUT2D eigenvalue weighted by atomic mass is 79.9. The minimum Gasteiger partial charge on any atom is -0.483 e. The van der Waals surface area contributed by atoms with E-state index in [9.17, 15) is 4.79 Å². The lowest BCUT2D eigenvalue weighted by atomic mass is 9.87. The van der Waals surface area contributed by atoms with Gasteiger partial charge in [-0.25, -0.2) is 4.68 Å². The fourth-order valence-corrected chi connectivity index (χ4v) is 3.61. The predicted molar refractivity (Wildman–Crippen MR) is 114 cm³/mol. The van der Waals surface area contributed by atoms with Gasteiger partial charge in [0, 0.05) is 5.69 Å². The largest absolute Gasteiger partial charge is 0.483 e. The normalized spacial score (nSPS) is 11.7. The maximum absolute atomic E-state index is 12.6. The summed E-state index contributed by atoms with van der Waals surface area (Å²) in [6, 6.07) is 6.00. The molecule has 1 heterocycles. The lowest BCUT2D eigenvalue weighted by Gasteiger charge is -2.20. The second-order valence-corrected chi connectivity index (χ2v) is 8.95. The molecule has 1 aromatic carbocycles. The molecule has 0 radical (unpaired) electrons. The third-order valence-electron chi connectivity index (χ3n) is 4.86. The van der Waals surface area contributed by atoms with E-state index in [4.69, 9.17) is 4.74 Å². The van der Waals surface area contributed by atoms with Crippen molar-refractivity contribution in [3.05, 3.63) is 45.2 Å². The van der Waals surface area contributed by atoms with E-state index in [0.29, 0.717) is 5.75 Å². The summed E-state index contributed by atoms with van der Waals surface area (Å²) >= 11 is 3.55. The maximum Gasteiger partial charge on any atom is 0.284 e. The SMILES string of the molecule is CCCCCc1c(C)nn(C(=O)COc2ccc(C(C)(C)C)cc2Br)c1C. The van der Waals surface area contributed by atoms with Gasteiger partial charge in [0.25, 0.3) is 5.91 Å². The number of hydrogen-bond donors (Lipinski definition) is 0. The van der Waals surface area contributed by atoms with Gasteiger partial charge in [0.15, 0.2) is 6.61 Å². The first kappa shape index (κ1) is 21.7. The van der Waals surface area contributed by atoms with Crippen molar-refractivity contribution >= 4 is 21.8 Å². The summed E-state index contributed by atoms with van der Waals surface area (Å²) in [7, 11) is 0. The Labute approximate surface area is 171 Å². The molecule has 0 saturated heterocycles. The zero-order valence-corrected chi connectivity index (χ0v) is 18.9. The smallest absolute Gasteiger partial charge is 0.284 e. The van der Waals surface area contributed by atoms with Gasteiger partial charge in [-0.1, -0.05) is 46.6 Å². The molecule has 0 unspecified atom stereocenters. The molecule has 4 nitrogen and oxygen atoms in total. The Kier molecular flexibility index (Phi) is 7.26. The number of ether oxygens (including phenoxy) is 1. The van der Waals surface area contributed by atoms with Crippen molar-refractivity contribution in [2.45, 2.75) is 72.6 Å². The number of aryl methyl sites for hydroxylation is 1. The molecular formula is C22H31BrN2O2. The lowest BCUT2D eigenvalue weighted by molar-refractivity contribution is 0.0817. The summed E-state index contributed by atoms with van der Waals surface area (Å²) in [4.78, 5) is 12.6. The van der Waals surface area contributed by atoms with Gasteiger partial charge in [-0.3, -0.25) is 4.79 Å². The minimum absolute atomic E-state index is 0.0379. The Morgan fingerprint density at radius 1 is 1.22 bits per heavy atom. The van der Waals surface area contributed by atoms with Crippen molar-refractivity contribution in [2.75, 3.05) is 6.61 Å². The molecule has 0 aliphatic heterocycles. The Morgan fingerprint density at radius 3 is 2.52 bits per heavy atom. The van der Waals surface area contributed by atoms with Crippen LogP contribution in [0.1, 0.15) is 74.3 Å². The molecule has 0 aliphatic rings. The zero-order chi connectivity index (χ0) is 20.2. The van der Waals surface area contributed by atoms with Crippen molar-refractivity contribution in [3.63, 3.8) is 0 Å². The second-order valence-electron chi connectivity index (χ2n) is 8.10. The number of nitrogens with zero attached hydrogens (tertiary/aromatic N) is 2. The quantitative estimate of drug-likeness (QED) is 0.500. The first-order chi connectivity index (χ1) is 12.6. The van der Waals surface area contributed by atoms with Gasteiger partial charge in [0.1, 0.15) is 5.75 Å². The average Bonchev–Trinajstić information content (AvgIpc) is 2.88.